The molecule has 7 heteroatoms. The largest absolute Gasteiger partial charge is 0.325 e. The summed E-state index contributed by atoms with van der Waals surface area (Å²) in [5, 5.41) is 6.15. The second-order valence-corrected chi connectivity index (χ2v) is 8.93. The number of amides is 1. The molecule has 1 aliphatic carbocycles. The first-order valence-corrected chi connectivity index (χ1v) is 10.4. The third kappa shape index (κ3) is 6.09. The smallest absolute Gasteiger partial charge is 0.242 e. The van der Waals surface area contributed by atoms with Crippen molar-refractivity contribution in [3.05, 3.63) is 24.3 Å². The lowest BCUT2D eigenvalue weighted by Crippen LogP contribution is -2.36. The van der Waals surface area contributed by atoms with Crippen molar-refractivity contribution < 1.29 is 13.2 Å². The standard InChI is InChI=1S/C18H29N3O3S/c1-21(2)25(23,24)17-12-10-16(11-13-17)20-18(22)14-19-15-8-6-4-3-5-7-9-15/h10-13,15,19H,3-9,14H2,1-2H3,(H,20,22). The van der Waals surface area contributed by atoms with Crippen molar-refractivity contribution >= 4 is 21.6 Å². The van der Waals surface area contributed by atoms with Crippen molar-refractivity contribution in [1.82, 2.24) is 9.62 Å². The second-order valence-electron chi connectivity index (χ2n) is 6.78. The Labute approximate surface area is 151 Å². The van der Waals surface area contributed by atoms with Crippen molar-refractivity contribution in [3.63, 3.8) is 0 Å². The highest BCUT2D eigenvalue weighted by Crippen LogP contribution is 2.18. The van der Waals surface area contributed by atoms with Gasteiger partial charge in [0, 0.05) is 25.8 Å². The van der Waals surface area contributed by atoms with E-state index in [9.17, 15) is 13.2 Å². The van der Waals surface area contributed by atoms with E-state index in [4.69, 9.17) is 0 Å². The summed E-state index contributed by atoms with van der Waals surface area (Å²) >= 11 is 0. The van der Waals surface area contributed by atoms with Crippen LogP contribution in [0.15, 0.2) is 29.2 Å². The molecule has 0 aromatic heterocycles. The van der Waals surface area contributed by atoms with E-state index in [1.165, 1.54) is 62.6 Å². The lowest BCUT2D eigenvalue weighted by molar-refractivity contribution is -0.115. The molecule has 0 heterocycles. The number of sulfonamides is 1. The van der Waals surface area contributed by atoms with Crippen LogP contribution in [0.1, 0.15) is 44.9 Å². The number of anilines is 1. The van der Waals surface area contributed by atoms with Crippen LogP contribution in [0, 0.1) is 0 Å². The van der Waals surface area contributed by atoms with Crippen LogP contribution in [0.4, 0.5) is 5.69 Å². The fraction of sp³-hybridized carbons (Fsp3) is 0.611. The average molecular weight is 368 g/mol. The fourth-order valence-corrected chi connectivity index (χ4v) is 3.93. The molecule has 0 spiro atoms. The maximum Gasteiger partial charge on any atom is 0.242 e. The van der Waals surface area contributed by atoms with Crippen LogP contribution >= 0.6 is 0 Å². The van der Waals surface area contributed by atoms with Gasteiger partial charge in [-0.3, -0.25) is 4.79 Å². The van der Waals surface area contributed by atoms with Gasteiger partial charge < -0.3 is 10.6 Å². The minimum atomic E-state index is -3.45. The van der Waals surface area contributed by atoms with Gasteiger partial charge in [0.05, 0.1) is 11.4 Å². The highest BCUT2D eigenvalue weighted by Gasteiger charge is 2.17. The number of nitrogens with zero attached hydrogens (tertiary/aromatic N) is 1. The Morgan fingerprint density at radius 1 is 1.04 bits per heavy atom. The van der Waals surface area contributed by atoms with Crippen molar-refractivity contribution in [1.29, 1.82) is 0 Å². The van der Waals surface area contributed by atoms with Gasteiger partial charge in [-0.15, -0.1) is 0 Å². The first-order chi connectivity index (χ1) is 11.9. The average Bonchev–Trinajstić information content (AvgIpc) is 2.54. The summed E-state index contributed by atoms with van der Waals surface area (Å²) in [4.78, 5) is 12.3. The molecule has 1 aromatic rings. The zero-order valence-corrected chi connectivity index (χ0v) is 15.9. The van der Waals surface area contributed by atoms with E-state index < -0.39 is 10.0 Å². The van der Waals surface area contributed by atoms with E-state index in [1.54, 1.807) is 12.1 Å². The Kier molecular flexibility index (Phi) is 7.40. The van der Waals surface area contributed by atoms with Crippen LogP contribution in [0.2, 0.25) is 0 Å². The first kappa shape index (κ1) is 19.9. The maximum absolute atomic E-state index is 12.1. The zero-order valence-electron chi connectivity index (χ0n) is 15.1. The van der Waals surface area contributed by atoms with Crippen LogP contribution in [0.3, 0.4) is 0 Å². The molecule has 0 aliphatic heterocycles. The summed E-state index contributed by atoms with van der Waals surface area (Å²) in [6.45, 7) is 0.280. The van der Waals surface area contributed by atoms with Crippen molar-refractivity contribution in [2.45, 2.75) is 55.9 Å². The normalized spacial score (nSPS) is 17.1. The number of hydrogen-bond acceptors (Lipinski definition) is 4. The molecule has 25 heavy (non-hydrogen) atoms. The molecule has 6 nitrogen and oxygen atoms in total. The molecule has 140 valence electrons. The summed E-state index contributed by atoms with van der Waals surface area (Å²) in [6, 6.07) is 6.66. The second kappa shape index (κ2) is 9.31. The summed E-state index contributed by atoms with van der Waals surface area (Å²) in [5.74, 6) is -0.106. The number of hydrogen-bond donors (Lipinski definition) is 2. The minimum Gasteiger partial charge on any atom is -0.325 e. The number of carbonyl (C=O) groups excluding carboxylic acids is 1. The summed E-state index contributed by atoms with van der Waals surface area (Å²) < 4.78 is 25.2. The number of rotatable bonds is 6. The Morgan fingerprint density at radius 3 is 2.16 bits per heavy atom. The van der Waals surface area contributed by atoms with Crippen molar-refractivity contribution in [3.8, 4) is 0 Å². The predicted octanol–water partition coefficient (Wildman–Crippen LogP) is 2.58. The zero-order chi connectivity index (χ0) is 18.3. The van der Waals surface area contributed by atoms with Gasteiger partial charge in [-0.1, -0.05) is 32.1 Å². The summed E-state index contributed by atoms with van der Waals surface area (Å²) in [6.07, 6.45) is 8.60. The van der Waals surface area contributed by atoms with Gasteiger partial charge in [-0.2, -0.15) is 0 Å². The summed E-state index contributed by atoms with van der Waals surface area (Å²) in [7, 11) is -0.461. The number of carbonyl (C=O) groups is 1. The molecular weight excluding hydrogens is 338 g/mol. The van der Waals surface area contributed by atoms with Gasteiger partial charge in [0.15, 0.2) is 0 Å². The third-order valence-corrected chi connectivity index (χ3v) is 6.40. The fourth-order valence-electron chi connectivity index (χ4n) is 3.02. The van der Waals surface area contributed by atoms with Crippen LogP contribution in [-0.2, 0) is 14.8 Å². The summed E-state index contributed by atoms with van der Waals surface area (Å²) in [5.41, 5.74) is 0.599. The molecule has 2 N–H and O–H groups in total. The monoisotopic (exact) mass is 367 g/mol. The van der Waals surface area contributed by atoms with Gasteiger partial charge in [0.25, 0.3) is 0 Å². The minimum absolute atomic E-state index is 0.106. The topological polar surface area (TPSA) is 78.5 Å². The molecule has 1 aromatic carbocycles. The molecule has 0 saturated heterocycles. The van der Waals surface area contributed by atoms with Gasteiger partial charge in [0.1, 0.15) is 0 Å². The van der Waals surface area contributed by atoms with Gasteiger partial charge >= 0.3 is 0 Å². The van der Waals surface area contributed by atoms with Crippen LogP contribution in [0.25, 0.3) is 0 Å². The Balaban J connectivity index is 1.84. The highest BCUT2D eigenvalue weighted by molar-refractivity contribution is 7.89. The molecule has 0 bridgehead atoms. The molecule has 1 saturated carbocycles. The van der Waals surface area contributed by atoms with E-state index in [2.05, 4.69) is 10.6 Å². The van der Waals surface area contributed by atoms with E-state index in [1.807, 2.05) is 0 Å². The SMILES string of the molecule is CN(C)S(=O)(=O)c1ccc(NC(=O)CNC2CCCCCCC2)cc1. The Hall–Kier alpha value is -1.44. The number of benzene rings is 1. The van der Waals surface area contributed by atoms with E-state index in [-0.39, 0.29) is 17.3 Å². The van der Waals surface area contributed by atoms with Crippen LogP contribution in [0.5, 0.6) is 0 Å². The molecule has 0 unspecified atom stereocenters. The quantitative estimate of drug-likeness (QED) is 0.810. The van der Waals surface area contributed by atoms with Gasteiger partial charge in [-0.25, -0.2) is 12.7 Å². The molecule has 0 atom stereocenters. The Morgan fingerprint density at radius 2 is 1.60 bits per heavy atom. The molecule has 0 radical (unpaired) electrons. The van der Waals surface area contributed by atoms with Gasteiger partial charge in [-0.05, 0) is 37.1 Å². The van der Waals surface area contributed by atoms with Gasteiger partial charge in [0.2, 0.25) is 15.9 Å². The Bertz CT molecular complexity index is 649. The van der Waals surface area contributed by atoms with Crippen molar-refractivity contribution in [2.75, 3.05) is 26.0 Å². The van der Waals surface area contributed by atoms with Crippen molar-refractivity contribution in [2.24, 2.45) is 0 Å². The van der Waals surface area contributed by atoms with Crippen LogP contribution < -0.4 is 10.6 Å². The molecular formula is C18H29N3O3S. The van der Waals surface area contributed by atoms with E-state index in [0.717, 1.165) is 12.8 Å². The lowest BCUT2D eigenvalue weighted by Gasteiger charge is -2.20. The third-order valence-electron chi connectivity index (χ3n) is 4.57. The van der Waals surface area contributed by atoms with Crippen LogP contribution in [-0.4, -0.2) is 45.3 Å². The van der Waals surface area contributed by atoms with E-state index in [0.29, 0.717) is 11.7 Å². The molecule has 1 fully saturated rings. The highest BCUT2D eigenvalue weighted by atomic mass is 32.2. The maximum atomic E-state index is 12.1. The predicted molar refractivity (Wildman–Crippen MR) is 100 cm³/mol. The molecule has 1 aliphatic rings. The number of nitrogens with one attached hydrogen (secondary N) is 2. The first-order valence-electron chi connectivity index (χ1n) is 8.95. The van der Waals surface area contributed by atoms with E-state index >= 15 is 0 Å². The molecule has 1 amide bonds. The lowest BCUT2D eigenvalue weighted by atomic mass is 9.97. The molecule has 2 rings (SSSR count).